The van der Waals surface area contributed by atoms with Crippen LogP contribution in [0.4, 0.5) is 11.4 Å². The van der Waals surface area contributed by atoms with Gasteiger partial charge < -0.3 is 24.4 Å². The van der Waals surface area contributed by atoms with E-state index in [-0.39, 0.29) is 6.61 Å². The van der Waals surface area contributed by atoms with E-state index >= 15 is 0 Å². The van der Waals surface area contributed by atoms with Gasteiger partial charge in [0.05, 0.1) is 19.8 Å². The minimum absolute atomic E-state index is 0.210. The van der Waals surface area contributed by atoms with Crippen LogP contribution in [0.15, 0.2) is 36.4 Å². The fraction of sp³-hybridized carbons (Fsp3) is 0.421. The molecule has 8 nitrogen and oxygen atoms in total. The largest absolute Gasteiger partial charge is 0.463 e. The monoisotopic (exact) mass is 376 g/mol. The lowest BCUT2D eigenvalue weighted by Crippen LogP contribution is -2.36. The predicted octanol–water partition coefficient (Wildman–Crippen LogP) is 1.51. The molecule has 2 rings (SSSR count). The molecular weight excluding hydrogens is 352 g/mol. The summed E-state index contributed by atoms with van der Waals surface area (Å²) in [7, 11) is 0. The minimum Gasteiger partial charge on any atom is -0.463 e. The first-order valence-corrected chi connectivity index (χ1v) is 8.78. The Morgan fingerprint density at radius 2 is 1.78 bits per heavy atom. The number of nitrogens with one attached hydrogen (secondary N) is 1. The number of morpholine rings is 1. The Kier molecular flexibility index (Phi) is 7.81. The molecule has 1 heterocycles. The average Bonchev–Trinajstić information content (AvgIpc) is 2.68. The Bertz CT molecular complexity index is 680. The highest BCUT2D eigenvalue weighted by atomic mass is 16.5. The summed E-state index contributed by atoms with van der Waals surface area (Å²) < 4.78 is 14.9. The summed E-state index contributed by atoms with van der Waals surface area (Å²) >= 11 is 0. The van der Waals surface area contributed by atoms with E-state index in [0.29, 0.717) is 18.9 Å². The summed E-state index contributed by atoms with van der Waals surface area (Å²) in [5.74, 6) is -1.91. The molecule has 1 aliphatic heterocycles. The maximum atomic E-state index is 12.1. The zero-order chi connectivity index (χ0) is 19.6. The van der Waals surface area contributed by atoms with Crippen LogP contribution in [0.2, 0.25) is 0 Å². The second-order valence-electron chi connectivity index (χ2n) is 5.80. The molecule has 8 heteroatoms. The van der Waals surface area contributed by atoms with Gasteiger partial charge in [-0.25, -0.2) is 9.59 Å². The summed E-state index contributed by atoms with van der Waals surface area (Å²) in [4.78, 5) is 37.1. The van der Waals surface area contributed by atoms with E-state index in [4.69, 9.17) is 9.47 Å². The van der Waals surface area contributed by atoms with E-state index in [1.54, 1.807) is 19.1 Å². The lowest BCUT2D eigenvalue weighted by molar-refractivity contribution is -0.148. The zero-order valence-corrected chi connectivity index (χ0v) is 15.5. The number of benzene rings is 1. The molecule has 0 bridgehead atoms. The number of carbonyl (C=O) groups excluding carboxylic acids is 3. The molecule has 146 valence electrons. The van der Waals surface area contributed by atoms with E-state index in [1.807, 2.05) is 12.1 Å². The van der Waals surface area contributed by atoms with Crippen molar-refractivity contribution in [2.75, 3.05) is 43.1 Å². The molecule has 1 amide bonds. The highest BCUT2D eigenvalue weighted by molar-refractivity contribution is 5.97. The third kappa shape index (κ3) is 6.74. The van der Waals surface area contributed by atoms with Gasteiger partial charge in [-0.1, -0.05) is 0 Å². The number of ether oxygens (including phenoxy) is 3. The molecule has 1 aromatic carbocycles. The molecule has 0 aromatic heterocycles. The normalized spacial score (nSPS) is 15.3. The van der Waals surface area contributed by atoms with Crippen molar-refractivity contribution in [3.63, 3.8) is 0 Å². The Hall–Kier alpha value is -2.87. The van der Waals surface area contributed by atoms with Crippen LogP contribution >= 0.6 is 0 Å². The van der Waals surface area contributed by atoms with Gasteiger partial charge in [-0.15, -0.1) is 0 Å². The minimum atomic E-state index is -1.01. The third-order valence-corrected chi connectivity index (χ3v) is 3.82. The molecule has 0 unspecified atom stereocenters. The van der Waals surface area contributed by atoms with E-state index in [1.165, 1.54) is 6.92 Å². The molecule has 1 atom stereocenters. The van der Waals surface area contributed by atoms with E-state index in [9.17, 15) is 14.4 Å². The second-order valence-corrected chi connectivity index (χ2v) is 5.80. The van der Waals surface area contributed by atoms with Crippen molar-refractivity contribution >= 4 is 29.2 Å². The first kappa shape index (κ1) is 20.4. The fourth-order valence-corrected chi connectivity index (χ4v) is 2.41. The lowest BCUT2D eigenvalue weighted by atomic mass is 10.2. The van der Waals surface area contributed by atoms with Crippen LogP contribution in [0.5, 0.6) is 0 Å². The Morgan fingerprint density at radius 1 is 1.15 bits per heavy atom. The van der Waals surface area contributed by atoms with E-state index < -0.39 is 23.9 Å². The lowest BCUT2D eigenvalue weighted by Gasteiger charge is -2.28. The fourth-order valence-electron chi connectivity index (χ4n) is 2.41. The van der Waals surface area contributed by atoms with Crippen LogP contribution in [-0.4, -0.2) is 56.9 Å². The second kappa shape index (κ2) is 10.3. The number of amides is 1. The van der Waals surface area contributed by atoms with Gasteiger partial charge in [0.1, 0.15) is 0 Å². The number of carbonyl (C=O) groups is 3. The Balaban J connectivity index is 1.83. The highest BCUT2D eigenvalue weighted by Crippen LogP contribution is 2.19. The summed E-state index contributed by atoms with van der Waals surface area (Å²) in [5, 5.41) is 2.69. The first-order valence-electron chi connectivity index (χ1n) is 8.78. The number of hydrogen-bond acceptors (Lipinski definition) is 7. The summed E-state index contributed by atoms with van der Waals surface area (Å²) in [6, 6.07) is 7.41. The van der Waals surface area contributed by atoms with Crippen molar-refractivity contribution in [3.8, 4) is 0 Å². The van der Waals surface area contributed by atoms with E-state index in [2.05, 4.69) is 15.0 Å². The summed E-state index contributed by atoms with van der Waals surface area (Å²) in [6.07, 6.45) is 0.878. The number of rotatable bonds is 7. The van der Waals surface area contributed by atoms with Gasteiger partial charge in [-0.05, 0) is 38.1 Å². The van der Waals surface area contributed by atoms with Crippen molar-refractivity contribution in [1.29, 1.82) is 0 Å². The van der Waals surface area contributed by atoms with Gasteiger partial charge in [-0.2, -0.15) is 0 Å². The molecule has 1 fully saturated rings. The maximum absolute atomic E-state index is 12.1. The number of anilines is 2. The Morgan fingerprint density at radius 3 is 2.41 bits per heavy atom. The summed E-state index contributed by atoms with van der Waals surface area (Å²) in [5.41, 5.74) is 1.65. The smallest absolute Gasteiger partial charge is 0.331 e. The molecule has 1 aliphatic rings. The van der Waals surface area contributed by atoms with Crippen LogP contribution in [-0.2, 0) is 28.6 Å². The predicted molar refractivity (Wildman–Crippen MR) is 99.4 cm³/mol. The van der Waals surface area contributed by atoms with Crippen molar-refractivity contribution < 1.29 is 28.6 Å². The zero-order valence-electron chi connectivity index (χ0n) is 15.5. The molecule has 0 aliphatic carbocycles. The van der Waals surface area contributed by atoms with Crippen molar-refractivity contribution in [3.05, 3.63) is 36.4 Å². The number of nitrogens with zero attached hydrogens (tertiary/aromatic N) is 1. The van der Waals surface area contributed by atoms with Crippen LogP contribution in [0.1, 0.15) is 13.8 Å². The molecule has 1 saturated heterocycles. The molecule has 0 saturated carbocycles. The maximum Gasteiger partial charge on any atom is 0.331 e. The van der Waals surface area contributed by atoms with Gasteiger partial charge in [-0.3, -0.25) is 4.79 Å². The topological polar surface area (TPSA) is 94.2 Å². The van der Waals surface area contributed by atoms with Gasteiger partial charge in [0.15, 0.2) is 6.10 Å². The quantitative estimate of drug-likeness (QED) is 0.569. The van der Waals surface area contributed by atoms with Crippen LogP contribution in [0, 0.1) is 0 Å². The average molecular weight is 376 g/mol. The van der Waals surface area contributed by atoms with Crippen molar-refractivity contribution in [1.82, 2.24) is 0 Å². The van der Waals surface area contributed by atoms with Gasteiger partial charge >= 0.3 is 11.9 Å². The van der Waals surface area contributed by atoms with Crippen molar-refractivity contribution in [2.45, 2.75) is 20.0 Å². The van der Waals surface area contributed by atoms with Crippen LogP contribution < -0.4 is 10.2 Å². The van der Waals surface area contributed by atoms with Crippen molar-refractivity contribution in [2.24, 2.45) is 0 Å². The SMILES string of the molecule is CCOC(=O)/C=C/C(=O)O[C@@H](C)C(=O)Nc1ccc(N2CCOCC2)cc1. The first-order chi connectivity index (χ1) is 13.0. The highest BCUT2D eigenvalue weighted by Gasteiger charge is 2.17. The standard InChI is InChI=1S/C19H24N2O6/c1-3-26-17(22)8-9-18(23)27-14(2)19(24)20-15-4-6-16(7-5-15)21-10-12-25-13-11-21/h4-9,14H,3,10-13H2,1-2H3,(H,20,24)/b9-8+/t14-/m0/s1. The summed E-state index contributed by atoms with van der Waals surface area (Å²) in [6.45, 7) is 6.38. The molecule has 1 N–H and O–H groups in total. The van der Waals surface area contributed by atoms with Crippen LogP contribution in [0.25, 0.3) is 0 Å². The van der Waals surface area contributed by atoms with E-state index in [0.717, 1.165) is 30.9 Å². The van der Waals surface area contributed by atoms with Gasteiger partial charge in [0, 0.05) is 36.6 Å². The van der Waals surface area contributed by atoms with Crippen LogP contribution in [0.3, 0.4) is 0 Å². The third-order valence-electron chi connectivity index (χ3n) is 3.82. The molecule has 0 spiro atoms. The molecule has 27 heavy (non-hydrogen) atoms. The molecular formula is C19H24N2O6. The molecule has 1 aromatic rings. The molecule has 0 radical (unpaired) electrons. The number of esters is 2. The van der Waals surface area contributed by atoms with Gasteiger partial charge in [0.2, 0.25) is 0 Å². The Labute approximate surface area is 158 Å². The number of hydrogen-bond donors (Lipinski definition) is 1. The van der Waals surface area contributed by atoms with Gasteiger partial charge in [0.25, 0.3) is 5.91 Å².